The van der Waals surface area contributed by atoms with E-state index in [0.29, 0.717) is 17.2 Å². The van der Waals surface area contributed by atoms with Crippen LogP contribution >= 0.6 is 11.6 Å². The number of carboxylic acid groups (broad SMARTS) is 1. The molecule has 0 heterocycles. The number of carbonyl (C=O) groups excluding carboxylic acids is 1. The molecular weight excluding hydrogens is 378 g/mol. The molecule has 0 aromatic heterocycles. The van der Waals surface area contributed by atoms with Crippen molar-refractivity contribution in [2.24, 2.45) is 0 Å². The number of rotatable bonds is 7. The van der Waals surface area contributed by atoms with Gasteiger partial charge in [-0.1, -0.05) is 42.6 Å². The van der Waals surface area contributed by atoms with Crippen LogP contribution in [0.2, 0.25) is 5.02 Å². The topological polar surface area (TPSA) is 75.6 Å². The van der Waals surface area contributed by atoms with E-state index in [1.807, 2.05) is 13.0 Å². The summed E-state index contributed by atoms with van der Waals surface area (Å²) < 4.78 is 5.96. The maximum absolute atomic E-state index is 12.9. The van der Waals surface area contributed by atoms with Crippen LogP contribution < -0.4 is 5.32 Å². The molecule has 5 nitrogen and oxygen atoms in total. The number of halogens is 1. The molecule has 0 aliphatic heterocycles. The lowest BCUT2D eigenvalue weighted by Crippen LogP contribution is -2.28. The molecule has 2 aromatic rings. The molecule has 0 unspecified atom stereocenters. The third-order valence-electron chi connectivity index (χ3n) is 5.07. The number of hydrogen-bond donors (Lipinski definition) is 2. The number of ether oxygens (including phenoxy) is 1. The van der Waals surface area contributed by atoms with Crippen molar-refractivity contribution in [2.45, 2.75) is 51.4 Å². The minimum atomic E-state index is -0.999. The van der Waals surface area contributed by atoms with Gasteiger partial charge in [0.25, 0.3) is 5.91 Å². The van der Waals surface area contributed by atoms with Gasteiger partial charge in [0.15, 0.2) is 0 Å². The van der Waals surface area contributed by atoms with E-state index in [0.717, 1.165) is 24.0 Å². The van der Waals surface area contributed by atoms with Gasteiger partial charge in [0.05, 0.1) is 24.3 Å². The van der Waals surface area contributed by atoms with E-state index in [1.54, 1.807) is 30.3 Å². The number of nitrogens with one attached hydrogen (secondary N) is 1. The molecule has 2 aromatic carbocycles. The van der Waals surface area contributed by atoms with E-state index < -0.39 is 5.97 Å². The van der Waals surface area contributed by atoms with Crippen LogP contribution in [0.1, 0.15) is 70.5 Å². The summed E-state index contributed by atoms with van der Waals surface area (Å²) in [7, 11) is 0. The molecule has 0 bridgehead atoms. The number of carboxylic acids is 1. The highest BCUT2D eigenvalue weighted by Crippen LogP contribution is 2.24. The number of carbonyl (C=O) groups is 2. The lowest BCUT2D eigenvalue weighted by molar-refractivity contribution is 0.0450. The smallest absolute Gasteiger partial charge is 0.335 e. The van der Waals surface area contributed by atoms with Crippen LogP contribution in [-0.2, 0) is 11.3 Å². The largest absolute Gasteiger partial charge is 0.478 e. The molecule has 2 N–H and O–H groups in total. The van der Waals surface area contributed by atoms with Crippen LogP contribution in [0.15, 0.2) is 42.5 Å². The highest BCUT2D eigenvalue weighted by Gasteiger charge is 2.19. The van der Waals surface area contributed by atoms with Crippen molar-refractivity contribution < 1.29 is 19.4 Å². The molecule has 28 heavy (non-hydrogen) atoms. The zero-order valence-electron chi connectivity index (χ0n) is 15.8. The van der Waals surface area contributed by atoms with E-state index in [2.05, 4.69) is 5.32 Å². The van der Waals surface area contributed by atoms with Gasteiger partial charge in [0.2, 0.25) is 0 Å². The fourth-order valence-electron chi connectivity index (χ4n) is 3.45. The standard InChI is InChI=1S/C22H24ClNO4/c1-14(15-5-4-6-16(11-15)22(26)27)24-21(25)20-12-18(23)10-9-17(20)13-28-19-7-2-3-8-19/h4-6,9-12,14,19H,2-3,7-8,13H2,1H3,(H,24,25)(H,26,27)/t14-/m0/s1. The summed E-state index contributed by atoms with van der Waals surface area (Å²) >= 11 is 6.11. The third-order valence-corrected chi connectivity index (χ3v) is 5.31. The highest BCUT2D eigenvalue weighted by atomic mass is 35.5. The van der Waals surface area contributed by atoms with E-state index in [-0.39, 0.29) is 23.6 Å². The summed E-state index contributed by atoms with van der Waals surface area (Å²) in [4.78, 5) is 24.0. The fraction of sp³-hybridized carbons (Fsp3) is 0.364. The van der Waals surface area contributed by atoms with Gasteiger partial charge in [-0.3, -0.25) is 4.79 Å². The van der Waals surface area contributed by atoms with E-state index in [1.165, 1.54) is 18.9 Å². The maximum atomic E-state index is 12.9. The molecule has 1 amide bonds. The molecule has 148 valence electrons. The lowest BCUT2D eigenvalue weighted by atomic mass is 10.0. The second kappa shape index (κ2) is 9.22. The quantitative estimate of drug-likeness (QED) is 0.685. The minimum absolute atomic E-state index is 0.187. The Morgan fingerprint density at radius 2 is 1.96 bits per heavy atom. The first-order valence-electron chi connectivity index (χ1n) is 9.48. The Morgan fingerprint density at radius 3 is 2.68 bits per heavy atom. The summed E-state index contributed by atoms with van der Waals surface area (Å²) in [5.41, 5.74) is 2.18. The molecular formula is C22H24ClNO4. The molecule has 1 aliphatic rings. The van der Waals surface area contributed by atoms with E-state index in [4.69, 9.17) is 21.4 Å². The molecule has 0 spiro atoms. The van der Waals surface area contributed by atoms with Crippen molar-refractivity contribution in [1.82, 2.24) is 5.32 Å². The minimum Gasteiger partial charge on any atom is -0.478 e. The summed E-state index contributed by atoms with van der Waals surface area (Å²) in [6.45, 7) is 2.19. The second-order valence-electron chi connectivity index (χ2n) is 7.14. The molecule has 1 atom stereocenters. The van der Waals surface area contributed by atoms with Crippen molar-refractivity contribution in [1.29, 1.82) is 0 Å². The van der Waals surface area contributed by atoms with Crippen molar-refractivity contribution in [3.05, 3.63) is 69.7 Å². The zero-order valence-corrected chi connectivity index (χ0v) is 16.5. The van der Waals surface area contributed by atoms with E-state index in [9.17, 15) is 9.59 Å². The van der Waals surface area contributed by atoms with Gasteiger partial charge < -0.3 is 15.2 Å². The first-order chi connectivity index (χ1) is 13.4. The molecule has 1 aliphatic carbocycles. The van der Waals surface area contributed by atoms with Crippen LogP contribution in [-0.4, -0.2) is 23.1 Å². The molecule has 1 fully saturated rings. The molecule has 0 radical (unpaired) electrons. The number of benzene rings is 2. The third kappa shape index (κ3) is 5.12. The number of hydrogen-bond acceptors (Lipinski definition) is 3. The van der Waals surface area contributed by atoms with Gasteiger partial charge in [-0.2, -0.15) is 0 Å². The Morgan fingerprint density at radius 1 is 1.21 bits per heavy atom. The van der Waals surface area contributed by atoms with Crippen LogP contribution in [0.4, 0.5) is 0 Å². The van der Waals surface area contributed by atoms with Crippen LogP contribution in [0.3, 0.4) is 0 Å². The van der Waals surface area contributed by atoms with Gasteiger partial charge in [-0.05, 0) is 55.2 Å². The van der Waals surface area contributed by atoms with Gasteiger partial charge >= 0.3 is 5.97 Å². The first kappa shape index (κ1) is 20.4. The van der Waals surface area contributed by atoms with Crippen molar-refractivity contribution in [3.8, 4) is 0 Å². The van der Waals surface area contributed by atoms with Gasteiger partial charge in [0.1, 0.15) is 0 Å². The Labute approximate surface area is 169 Å². The predicted octanol–water partition coefficient (Wildman–Crippen LogP) is 4.99. The van der Waals surface area contributed by atoms with Crippen molar-refractivity contribution in [3.63, 3.8) is 0 Å². The average Bonchev–Trinajstić information content (AvgIpc) is 3.20. The number of amides is 1. The van der Waals surface area contributed by atoms with Crippen molar-refractivity contribution in [2.75, 3.05) is 0 Å². The SMILES string of the molecule is C[C@H](NC(=O)c1cc(Cl)ccc1COC1CCCC1)c1cccc(C(=O)O)c1. The second-order valence-corrected chi connectivity index (χ2v) is 7.58. The summed E-state index contributed by atoms with van der Waals surface area (Å²) in [5.74, 6) is -1.26. The van der Waals surface area contributed by atoms with E-state index >= 15 is 0 Å². The Kier molecular flexibility index (Phi) is 6.70. The first-order valence-corrected chi connectivity index (χ1v) is 9.86. The number of aromatic carboxylic acids is 1. The van der Waals surface area contributed by atoms with Gasteiger partial charge in [0, 0.05) is 10.6 Å². The van der Waals surface area contributed by atoms with Gasteiger partial charge in [-0.25, -0.2) is 4.79 Å². The summed E-state index contributed by atoms with van der Waals surface area (Å²) in [5, 5.41) is 12.6. The zero-order chi connectivity index (χ0) is 20.1. The van der Waals surface area contributed by atoms with Crippen LogP contribution in [0.5, 0.6) is 0 Å². The van der Waals surface area contributed by atoms with Crippen molar-refractivity contribution >= 4 is 23.5 Å². The Hall–Kier alpha value is -2.37. The highest BCUT2D eigenvalue weighted by molar-refractivity contribution is 6.31. The Bertz CT molecular complexity index is 861. The fourth-order valence-corrected chi connectivity index (χ4v) is 3.62. The normalized spacial score (nSPS) is 15.4. The van der Waals surface area contributed by atoms with Crippen LogP contribution in [0.25, 0.3) is 0 Å². The van der Waals surface area contributed by atoms with Gasteiger partial charge in [-0.15, -0.1) is 0 Å². The van der Waals surface area contributed by atoms with Crippen LogP contribution in [0, 0.1) is 0 Å². The molecule has 1 saturated carbocycles. The maximum Gasteiger partial charge on any atom is 0.335 e. The molecule has 6 heteroatoms. The lowest BCUT2D eigenvalue weighted by Gasteiger charge is -2.18. The summed E-state index contributed by atoms with van der Waals surface area (Å²) in [6.07, 6.45) is 4.75. The predicted molar refractivity (Wildman–Crippen MR) is 108 cm³/mol. The average molecular weight is 402 g/mol. The monoisotopic (exact) mass is 401 g/mol. The molecule has 3 rings (SSSR count). The summed E-state index contributed by atoms with van der Waals surface area (Å²) in [6, 6.07) is 11.4. The Balaban J connectivity index is 1.73. The molecule has 0 saturated heterocycles.